The summed E-state index contributed by atoms with van der Waals surface area (Å²) in [6, 6.07) is 1.06. The molecule has 0 saturated carbocycles. The Hall–Kier alpha value is -0.620. The zero-order chi connectivity index (χ0) is 15.8. The second kappa shape index (κ2) is 5.88. The number of rotatable bonds is 4. The molecule has 1 aliphatic heterocycles. The third kappa shape index (κ3) is 3.42. The average Bonchev–Trinajstić information content (AvgIpc) is 2.88. The largest absolute Gasteiger partial charge is 0.477 e. The van der Waals surface area contributed by atoms with E-state index in [1.165, 1.54) is 17.1 Å². The van der Waals surface area contributed by atoms with E-state index >= 15 is 0 Å². The summed E-state index contributed by atoms with van der Waals surface area (Å²) in [6.07, 6.45) is 1.00. The highest BCUT2D eigenvalue weighted by atomic mass is 32.2. The number of carbonyl (C=O) groups is 1. The zero-order valence-electron chi connectivity index (χ0n) is 10.9. The molecule has 7 nitrogen and oxygen atoms in total. The van der Waals surface area contributed by atoms with E-state index in [-0.39, 0.29) is 22.1 Å². The van der Waals surface area contributed by atoms with Crippen molar-refractivity contribution in [2.45, 2.75) is 10.3 Å². The summed E-state index contributed by atoms with van der Waals surface area (Å²) in [6.45, 7) is 0.0863. The predicted molar refractivity (Wildman–Crippen MR) is 81.1 cm³/mol. The fourth-order valence-electron chi connectivity index (χ4n) is 1.88. The number of carboxylic acids is 1. The summed E-state index contributed by atoms with van der Waals surface area (Å²) >= 11 is 2.18. The van der Waals surface area contributed by atoms with Gasteiger partial charge in [0, 0.05) is 29.7 Å². The van der Waals surface area contributed by atoms with E-state index in [1.807, 2.05) is 0 Å². The molecule has 1 N–H and O–H groups in total. The van der Waals surface area contributed by atoms with E-state index < -0.39 is 31.2 Å². The van der Waals surface area contributed by atoms with E-state index in [0.717, 1.165) is 28.0 Å². The van der Waals surface area contributed by atoms with Gasteiger partial charge < -0.3 is 5.11 Å². The molecule has 1 aromatic heterocycles. The molecule has 1 saturated heterocycles. The van der Waals surface area contributed by atoms with E-state index in [2.05, 4.69) is 0 Å². The van der Waals surface area contributed by atoms with Gasteiger partial charge in [-0.05, 0) is 6.07 Å². The average molecular weight is 371 g/mol. The number of aromatic carboxylic acids is 1. The van der Waals surface area contributed by atoms with Crippen LogP contribution in [0.15, 0.2) is 16.3 Å². The van der Waals surface area contributed by atoms with Crippen molar-refractivity contribution in [3.8, 4) is 0 Å². The van der Waals surface area contributed by atoms with Gasteiger partial charge in [-0.2, -0.15) is 16.1 Å². The molecule has 0 amide bonds. The fraction of sp³-hybridized carbons (Fsp3) is 0.500. The standard InChI is InChI=1S/C10H13NO6S4/c1-20(14,15)9-6-18-3-2-11(9)21(16,17)7-4-8(10(12)13)19-5-7/h4-5,9H,2-3,6H2,1H3,(H,12,13). The summed E-state index contributed by atoms with van der Waals surface area (Å²) in [7, 11) is -7.58. The van der Waals surface area contributed by atoms with Crippen LogP contribution in [0.2, 0.25) is 0 Å². The van der Waals surface area contributed by atoms with Crippen LogP contribution in [-0.4, -0.2) is 61.9 Å². The maximum absolute atomic E-state index is 12.5. The van der Waals surface area contributed by atoms with Crippen LogP contribution in [0.5, 0.6) is 0 Å². The maximum atomic E-state index is 12.5. The monoisotopic (exact) mass is 371 g/mol. The number of thiophene rings is 1. The molecule has 1 unspecified atom stereocenters. The molecular formula is C10H13NO6S4. The zero-order valence-corrected chi connectivity index (χ0v) is 14.2. The Kier molecular flexibility index (Phi) is 4.69. The third-order valence-corrected chi connectivity index (χ3v) is 8.65. The quantitative estimate of drug-likeness (QED) is 0.823. The van der Waals surface area contributed by atoms with Gasteiger partial charge in [-0.3, -0.25) is 0 Å². The molecule has 0 spiro atoms. The topological polar surface area (TPSA) is 109 Å². The first-order valence-corrected chi connectivity index (χ1v) is 11.2. The first kappa shape index (κ1) is 16.7. The van der Waals surface area contributed by atoms with Gasteiger partial charge in [0.1, 0.15) is 10.3 Å². The summed E-state index contributed by atoms with van der Waals surface area (Å²) in [5.41, 5.74) is 0. The van der Waals surface area contributed by atoms with Gasteiger partial charge in [-0.1, -0.05) is 0 Å². The molecule has 2 heterocycles. The van der Waals surface area contributed by atoms with Crippen molar-refractivity contribution in [1.29, 1.82) is 0 Å². The molecule has 21 heavy (non-hydrogen) atoms. The van der Waals surface area contributed by atoms with Crippen molar-refractivity contribution >= 4 is 48.9 Å². The summed E-state index contributed by atoms with van der Waals surface area (Å²) in [5, 5.41) is 8.96. The highest BCUT2D eigenvalue weighted by Gasteiger charge is 2.39. The molecule has 118 valence electrons. The number of thioether (sulfide) groups is 1. The van der Waals surface area contributed by atoms with Crippen LogP contribution in [-0.2, 0) is 19.9 Å². The van der Waals surface area contributed by atoms with Crippen molar-refractivity contribution in [1.82, 2.24) is 4.31 Å². The van der Waals surface area contributed by atoms with Gasteiger partial charge >= 0.3 is 5.97 Å². The van der Waals surface area contributed by atoms with E-state index in [9.17, 15) is 21.6 Å². The van der Waals surface area contributed by atoms with Crippen LogP contribution in [0.3, 0.4) is 0 Å². The smallest absolute Gasteiger partial charge is 0.345 e. The van der Waals surface area contributed by atoms with Gasteiger partial charge in [-0.15, -0.1) is 11.3 Å². The van der Waals surface area contributed by atoms with Gasteiger partial charge in [0.15, 0.2) is 9.84 Å². The molecule has 1 fully saturated rings. The van der Waals surface area contributed by atoms with Crippen molar-refractivity contribution in [2.24, 2.45) is 0 Å². The Morgan fingerprint density at radius 3 is 2.57 bits per heavy atom. The van der Waals surface area contributed by atoms with Crippen LogP contribution < -0.4 is 0 Å². The van der Waals surface area contributed by atoms with Crippen molar-refractivity contribution in [3.05, 3.63) is 16.3 Å². The molecule has 0 aliphatic carbocycles. The van der Waals surface area contributed by atoms with Crippen molar-refractivity contribution in [3.63, 3.8) is 0 Å². The second-order valence-electron chi connectivity index (χ2n) is 4.43. The van der Waals surface area contributed by atoms with E-state index in [1.54, 1.807) is 0 Å². The summed E-state index contributed by atoms with van der Waals surface area (Å²) in [4.78, 5) is 10.6. The lowest BCUT2D eigenvalue weighted by atomic mass is 10.5. The number of carboxylic acid groups (broad SMARTS) is 1. The Morgan fingerprint density at radius 2 is 2.05 bits per heavy atom. The summed E-state index contributed by atoms with van der Waals surface area (Å²) < 4.78 is 49.6. The first-order chi connectivity index (χ1) is 9.64. The number of sulfone groups is 1. The van der Waals surface area contributed by atoms with Crippen LogP contribution >= 0.6 is 23.1 Å². The van der Waals surface area contributed by atoms with Crippen LogP contribution in [0.25, 0.3) is 0 Å². The second-order valence-corrected chi connectivity index (χ2v) is 10.6. The van der Waals surface area contributed by atoms with Crippen molar-refractivity contribution in [2.75, 3.05) is 24.3 Å². The Balaban J connectivity index is 2.43. The number of nitrogens with zero attached hydrogens (tertiary/aromatic N) is 1. The molecular weight excluding hydrogens is 358 g/mol. The Bertz CT molecular complexity index is 750. The molecule has 0 aromatic carbocycles. The maximum Gasteiger partial charge on any atom is 0.345 e. The lowest BCUT2D eigenvalue weighted by Gasteiger charge is -2.32. The summed E-state index contributed by atoms with van der Waals surface area (Å²) in [5.74, 6) is -0.537. The molecule has 1 atom stereocenters. The van der Waals surface area contributed by atoms with Crippen LogP contribution in [0, 0.1) is 0 Å². The normalized spacial score (nSPS) is 21.3. The minimum atomic E-state index is -4.02. The van der Waals surface area contributed by atoms with E-state index in [4.69, 9.17) is 5.11 Å². The minimum absolute atomic E-state index is 0.0863. The lowest BCUT2D eigenvalue weighted by molar-refractivity contribution is 0.0702. The van der Waals surface area contributed by atoms with Gasteiger partial charge in [-0.25, -0.2) is 21.6 Å². The molecule has 2 rings (SSSR count). The fourth-order valence-corrected chi connectivity index (χ4v) is 8.15. The third-order valence-electron chi connectivity index (χ3n) is 2.92. The molecule has 1 aromatic rings. The molecule has 0 bridgehead atoms. The highest BCUT2D eigenvalue weighted by Crippen LogP contribution is 2.29. The van der Waals surface area contributed by atoms with Gasteiger partial charge in [0.05, 0.1) is 4.90 Å². The number of hydrogen-bond donors (Lipinski definition) is 1. The lowest BCUT2D eigenvalue weighted by Crippen LogP contribution is -2.49. The van der Waals surface area contributed by atoms with Gasteiger partial charge in [0.25, 0.3) is 0 Å². The molecule has 11 heteroatoms. The number of sulfonamides is 1. The predicted octanol–water partition coefficient (Wildman–Crippen LogP) is 0.554. The van der Waals surface area contributed by atoms with Crippen LogP contribution in [0.1, 0.15) is 9.67 Å². The van der Waals surface area contributed by atoms with Gasteiger partial charge in [0.2, 0.25) is 10.0 Å². The minimum Gasteiger partial charge on any atom is -0.477 e. The first-order valence-electron chi connectivity index (χ1n) is 5.74. The highest BCUT2D eigenvalue weighted by molar-refractivity contribution is 8.01. The van der Waals surface area contributed by atoms with Crippen molar-refractivity contribution < 1.29 is 26.7 Å². The van der Waals surface area contributed by atoms with Crippen LogP contribution in [0.4, 0.5) is 0 Å². The number of hydrogen-bond acceptors (Lipinski definition) is 7. The molecule has 1 aliphatic rings. The SMILES string of the molecule is CS(=O)(=O)C1CSCCN1S(=O)(=O)c1csc(C(=O)O)c1. The Morgan fingerprint density at radius 1 is 1.38 bits per heavy atom. The Labute approximate surface area is 130 Å². The van der Waals surface area contributed by atoms with E-state index in [0.29, 0.717) is 5.75 Å². The molecule has 0 radical (unpaired) electrons.